The highest BCUT2D eigenvalue weighted by Crippen LogP contribution is 2.29. The summed E-state index contributed by atoms with van der Waals surface area (Å²) >= 11 is 0. The molecule has 7 nitrogen and oxygen atoms in total. The number of aromatic nitrogens is 2. The topological polar surface area (TPSA) is 77.8 Å². The van der Waals surface area contributed by atoms with E-state index in [-0.39, 0.29) is 5.91 Å². The lowest BCUT2D eigenvalue weighted by Crippen LogP contribution is -2.36. The van der Waals surface area contributed by atoms with Crippen LogP contribution in [0.2, 0.25) is 0 Å². The van der Waals surface area contributed by atoms with Crippen molar-refractivity contribution in [3.63, 3.8) is 0 Å². The van der Waals surface area contributed by atoms with E-state index in [1.54, 1.807) is 30.5 Å². The number of anilines is 2. The average Bonchev–Trinajstić information content (AvgIpc) is 2.63. The van der Waals surface area contributed by atoms with E-state index in [9.17, 15) is 4.79 Å². The number of amides is 1. The van der Waals surface area contributed by atoms with E-state index in [0.29, 0.717) is 30.5 Å². The van der Waals surface area contributed by atoms with Gasteiger partial charge in [0.25, 0.3) is 0 Å². The Morgan fingerprint density at radius 1 is 1.46 bits per heavy atom. The first-order valence-electron chi connectivity index (χ1n) is 7.53. The summed E-state index contributed by atoms with van der Waals surface area (Å²) in [7, 11) is 0. The van der Waals surface area contributed by atoms with Gasteiger partial charge in [-0.25, -0.2) is 0 Å². The van der Waals surface area contributed by atoms with Gasteiger partial charge in [-0.1, -0.05) is 12.6 Å². The molecule has 122 valence electrons. The molecular weight excluding hydrogens is 308 g/mol. The fourth-order valence-electron chi connectivity index (χ4n) is 2.32. The average molecular weight is 325 g/mol. The van der Waals surface area contributed by atoms with E-state index in [0.717, 1.165) is 18.8 Å². The van der Waals surface area contributed by atoms with Crippen molar-refractivity contribution in [1.29, 1.82) is 0 Å². The summed E-state index contributed by atoms with van der Waals surface area (Å²) in [6, 6.07) is 7.05. The predicted molar refractivity (Wildman–Crippen MR) is 87.0 cm³/mol. The Morgan fingerprint density at radius 2 is 2.29 bits per heavy atom. The molecule has 1 aliphatic heterocycles. The number of rotatable bonds is 5. The van der Waals surface area contributed by atoms with Gasteiger partial charge in [-0.3, -0.25) is 4.79 Å². The minimum atomic E-state index is -0.281. The smallest absolute Gasteiger partial charge is 0.418 e. The van der Waals surface area contributed by atoms with Crippen molar-refractivity contribution in [3.8, 4) is 11.6 Å². The summed E-state index contributed by atoms with van der Waals surface area (Å²) in [5.74, 6) is 0.689. The molecule has 24 heavy (non-hydrogen) atoms. The summed E-state index contributed by atoms with van der Waals surface area (Å²) in [6.45, 7) is 6.24. The van der Waals surface area contributed by atoms with Crippen LogP contribution in [0.4, 0.5) is 11.4 Å². The van der Waals surface area contributed by atoms with Crippen LogP contribution in [0.1, 0.15) is 0 Å². The maximum atomic E-state index is 11.4. The minimum absolute atomic E-state index is 0.281. The molecule has 0 atom stereocenters. The van der Waals surface area contributed by atoms with Crippen molar-refractivity contribution in [1.82, 2.24) is 4.98 Å². The van der Waals surface area contributed by atoms with Crippen LogP contribution in [0.5, 0.6) is 11.6 Å². The lowest BCUT2D eigenvalue weighted by atomic mass is 10.3. The molecule has 0 unspecified atom stereocenters. The molecule has 0 bridgehead atoms. The van der Waals surface area contributed by atoms with E-state index >= 15 is 0 Å². The summed E-state index contributed by atoms with van der Waals surface area (Å²) in [4.78, 5) is 21.6. The molecule has 1 fully saturated rings. The van der Waals surface area contributed by atoms with Gasteiger partial charge in [0.05, 0.1) is 18.2 Å². The number of carbonyl (C=O) groups is 1. The van der Waals surface area contributed by atoms with Gasteiger partial charge in [0, 0.05) is 24.8 Å². The zero-order valence-corrected chi connectivity index (χ0v) is 13.1. The summed E-state index contributed by atoms with van der Waals surface area (Å²) in [5, 5.41) is 2.69. The van der Waals surface area contributed by atoms with E-state index < -0.39 is 0 Å². The first-order chi connectivity index (χ1) is 11.8. The monoisotopic (exact) mass is 325 g/mol. The number of carbonyl (C=O) groups excluding carboxylic acids is 1. The van der Waals surface area contributed by atoms with Crippen molar-refractivity contribution < 1.29 is 19.3 Å². The van der Waals surface area contributed by atoms with Crippen molar-refractivity contribution in [2.45, 2.75) is 0 Å². The predicted octanol–water partition coefficient (Wildman–Crippen LogP) is 1.24. The number of nitrogens with zero attached hydrogens (tertiary/aromatic N) is 3. The quantitative estimate of drug-likeness (QED) is 0.833. The lowest BCUT2D eigenvalue weighted by Gasteiger charge is -2.26. The molecule has 1 saturated heterocycles. The standard InChI is InChI=1S/C17H16N4O3/c1-2-16(22)20-13-4-3-5-14(10-13)24-17-15(11-18-12-19-17)21-6-8-23-9-7-21/h2-5,10-11H,1,6-9H2/p+1. The highest BCUT2D eigenvalue weighted by Gasteiger charge is 2.22. The zero-order valence-electron chi connectivity index (χ0n) is 13.1. The summed E-state index contributed by atoms with van der Waals surface area (Å²) < 4.78 is 11.2. The lowest BCUT2D eigenvalue weighted by molar-refractivity contribution is -0.296. The van der Waals surface area contributed by atoms with E-state index in [4.69, 9.17) is 9.47 Å². The highest BCUT2D eigenvalue weighted by atomic mass is 16.5. The first kappa shape index (κ1) is 15.8. The normalized spacial score (nSPS) is 13.8. The highest BCUT2D eigenvalue weighted by molar-refractivity contribution is 5.98. The van der Waals surface area contributed by atoms with Gasteiger partial charge < -0.3 is 19.7 Å². The number of hydrogen-bond acceptors (Lipinski definition) is 5. The molecule has 3 rings (SSSR count). The van der Waals surface area contributed by atoms with Crippen molar-refractivity contribution in [2.75, 3.05) is 36.5 Å². The molecule has 1 aliphatic rings. The zero-order chi connectivity index (χ0) is 16.8. The van der Waals surface area contributed by atoms with Crippen molar-refractivity contribution in [2.24, 2.45) is 0 Å². The van der Waals surface area contributed by atoms with Crippen LogP contribution in [-0.2, 0) is 9.53 Å². The van der Waals surface area contributed by atoms with Gasteiger partial charge in [0.1, 0.15) is 5.75 Å². The van der Waals surface area contributed by atoms with Crippen LogP contribution in [0.15, 0.2) is 43.1 Å². The van der Waals surface area contributed by atoms with Crippen LogP contribution in [0.3, 0.4) is 0 Å². The number of benzene rings is 1. The van der Waals surface area contributed by atoms with Crippen molar-refractivity contribution >= 4 is 17.3 Å². The van der Waals surface area contributed by atoms with Crippen LogP contribution in [0, 0.1) is 6.33 Å². The summed E-state index contributed by atoms with van der Waals surface area (Å²) in [5.41, 5.74) is 1.40. The van der Waals surface area contributed by atoms with Crippen LogP contribution in [0.25, 0.3) is 0 Å². The maximum Gasteiger partial charge on any atom is 0.433 e. The van der Waals surface area contributed by atoms with E-state index in [2.05, 4.69) is 33.1 Å². The Bertz CT molecular complexity index is 729. The second-order valence-electron chi connectivity index (χ2n) is 5.08. The summed E-state index contributed by atoms with van der Waals surface area (Å²) in [6.07, 6.45) is 5.44. The van der Waals surface area contributed by atoms with Gasteiger partial charge in [0.15, 0.2) is 5.69 Å². The Hall–Kier alpha value is -3.11. The molecule has 2 aromatic rings. The Balaban J connectivity index is 1.80. The SMILES string of the molecule is C=CC(=O)Nc1cccc(Oc2nc#[n+]cc2N2CCOCC2)c1. The van der Waals surface area contributed by atoms with Gasteiger partial charge in [-0.05, 0) is 18.2 Å². The molecule has 1 amide bonds. The number of ether oxygens (including phenoxy) is 2. The molecule has 0 spiro atoms. The van der Waals surface area contributed by atoms with Crippen molar-refractivity contribution in [3.05, 3.63) is 49.4 Å². The largest absolute Gasteiger partial charge is 0.433 e. The van der Waals surface area contributed by atoms with Gasteiger partial charge >= 0.3 is 12.2 Å². The Morgan fingerprint density at radius 3 is 3.08 bits per heavy atom. The third-order valence-electron chi connectivity index (χ3n) is 3.47. The van der Waals surface area contributed by atoms with Crippen LogP contribution in [-0.4, -0.2) is 37.2 Å². The molecule has 1 aromatic carbocycles. The number of morpholine rings is 1. The molecule has 0 radical (unpaired) electrons. The number of hydrogen-bond donors (Lipinski definition) is 1. The molecule has 7 heteroatoms. The van der Waals surface area contributed by atoms with Gasteiger partial charge in [0.2, 0.25) is 12.1 Å². The molecule has 0 aliphatic carbocycles. The van der Waals surface area contributed by atoms with Crippen LogP contribution >= 0.6 is 0 Å². The second-order valence-corrected chi connectivity index (χ2v) is 5.08. The molecule has 2 heterocycles. The first-order valence-corrected chi connectivity index (χ1v) is 7.53. The maximum absolute atomic E-state index is 11.4. The van der Waals surface area contributed by atoms with E-state index in [1.807, 2.05) is 0 Å². The number of nitrogens with one attached hydrogen (secondary N) is 1. The fraction of sp³-hybridized carbons (Fsp3) is 0.235. The van der Waals surface area contributed by atoms with Crippen LogP contribution < -0.4 is 19.9 Å². The van der Waals surface area contributed by atoms with Gasteiger partial charge in [-0.2, -0.15) is 4.98 Å². The molecular formula is C17H17N4O3+. The molecule has 1 aromatic heterocycles. The third kappa shape index (κ3) is 3.80. The Labute approximate surface area is 139 Å². The molecule has 1 N–H and O–H groups in total. The van der Waals surface area contributed by atoms with E-state index in [1.165, 1.54) is 6.08 Å². The fourth-order valence-corrected chi connectivity index (χ4v) is 2.32. The minimum Gasteiger partial charge on any atom is -0.418 e. The Kier molecular flexibility index (Phi) is 4.89. The third-order valence-corrected chi connectivity index (χ3v) is 3.47. The second kappa shape index (κ2) is 7.44. The molecule has 0 saturated carbocycles. The van der Waals surface area contributed by atoms with Gasteiger partial charge in [-0.15, -0.1) is 0 Å².